The fourth-order valence-electron chi connectivity index (χ4n) is 2.41. The van der Waals surface area contributed by atoms with Crippen molar-refractivity contribution in [2.75, 3.05) is 13.7 Å². The lowest BCUT2D eigenvalue weighted by molar-refractivity contribution is 0.0600. The van der Waals surface area contributed by atoms with Crippen molar-refractivity contribution in [1.82, 2.24) is 9.78 Å². The van der Waals surface area contributed by atoms with Crippen molar-refractivity contribution in [2.24, 2.45) is 0 Å². The summed E-state index contributed by atoms with van der Waals surface area (Å²) < 4.78 is 11.9. The molecule has 1 heterocycles. The number of ether oxygens (including phenoxy) is 2. The Bertz CT molecular complexity index is 886. The Morgan fingerprint density at radius 1 is 1.00 bits per heavy atom. The first-order valence-electron chi connectivity index (χ1n) is 8.06. The Balaban J connectivity index is 1.56. The lowest BCUT2D eigenvalue weighted by Crippen LogP contribution is -2.11. The number of aromatic nitrogens is 2. The molecule has 0 aliphatic carbocycles. The molecule has 3 aromatic rings. The van der Waals surface area contributed by atoms with E-state index in [0.29, 0.717) is 23.4 Å². The van der Waals surface area contributed by atoms with E-state index in [0.717, 1.165) is 5.56 Å². The zero-order valence-corrected chi connectivity index (χ0v) is 14.3. The van der Waals surface area contributed by atoms with Gasteiger partial charge in [0.1, 0.15) is 5.75 Å². The second-order valence-corrected chi connectivity index (χ2v) is 5.64. The van der Waals surface area contributed by atoms with Crippen LogP contribution in [0, 0.1) is 0 Å². The van der Waals surface area contributed by atoms with Gasteiger partial charge in [-0.2, -0.15) is 5.10 Å². The summed E-state index contributed by atoms with van der Waals surface area (Å²) in [5, 5.41) is 4.14. The first kappa shape index (κ1) is 17.4. The van der Waals surface area contributed by atoms with E-state index in [1.807, 2.05) is 30.3 Å². The third-order valence-corrected chi connectivity index (χ3v) is 3.79. The van der Waals surface area contributed by atoms with Gasteiger partial charge in [-0.1, -0.05) is 42.5 Å². The molecule has 0 unspecified atom stereocenters. The summed E-state index contributed by atoms with van der Waals surface area (Å²) in [6.45, 7) is 0.505. The maximum atomic E-state index is 12.0. The van der Waals surface area contributed by atoms with E-state index in [4.69, 9.17) is 4.74 Å². The average molecular weight is 350 g/mol. The fraction of sp³-hybridized carbons (Fsp3) is 0.150. The maximum Gasteiger partial charge on any atom is 0.341 e. The highest BCUT2D eigenvalue weighted by Gasteiger charge is 2.09. The number of methoxy groups -OCH3 is 1. The number of carbonyl (C=O) groups excluding carboxylic acids is 2. The molecule has 0 fully saturated rings. The smallest absolute Gasteiger partial charge is 0.341 e. The highest BCUT2D eigenvalue weighted by molar-refractivity contribution is 5.97. The van der Waals surface area contributed by atoms with Crippen molar-refractivity contribution < 1.29 is 19.1 Å². The van der Waals surface area contributed by atoms with Crippen LogP contribution in [0.4, 0.5) is 0 Å². The average Bonchev–Trinajstić information content (AvgIpc) is 3.15. The summed E-state index contributed by atoms with van der Waals surface area (Å²) in [7, 11) is 1.33. The Kier molecular flexibility index (Phi) is 5.43. The SMILES string of the molecule is COC(=O)c1cnn(Cc2ccc(OCC(=O)c3ccccc3)cc2)c1. The predicted octanol–water partition coefficient (Wildman–Crippen LogP) is 2.98. The normalized spacial score (nSPS) is 10.3. The minimum absolute atomic E-state index is 0.00892. The monoisotopic (exact) mass is 350 g/mol. The summed E-state index contributed by atoms with van der Waals surface area (Å²) >= 11 is 0. The fourth-order valence-corrected chi connectivity index (χ4v) is 2.41. The van der Waals surface area contributed by atoms with Crippen molar-refractivity contribution in [2.45, 2.75) is 6.54 Å². The van der Waals surface area contributed by atoms with Gasteiger partial charge in [0.25, 0.3) is 0 Å². The van der Waals surface area contributed by atoms with Crippen molar-refractivity contribution in [3.05, 3.63) is 83.7 Å². The third-order valence-electron chi connectivity index (χ3n) is 3.79. The van der Waals surface area contributed by atoms with Gasteiger partial charge in [-0.05, 0) is 17.7 Å². The van der Waals surface area contributed by atoms with E-state index in [9.17, 15) is 9.59 Å². The topological polar surface area (TPSA) is 70.4 Å². The largest absolute Gasteiger partial charge is 0.485 e. The van der Waals surface area contributed by atoms with Gasteiger partial charge in [0.05, 0.1) is 25.4 Å². The van der Waals surface area contributed by atoms with Gasteiger partial charge in [0, 0.05) is 11.8 Å². The minimum Gasteiger partial charge on any atom is -0.485 e. The van der Waals surface area contributed by atoms with Gasteiger partial charge in [0.15, 0.2) is 12.4 Å². The summed E-state index contributed by atoms with van der Waals surface area (Å²) in [5.74, 6) is 0.137. The first-order chi connectivity index (χ1) is 12.7. The van der Waals surface area contributed by atoms with Crippen LogP contribution in [-0.2, 0) is 11.3 Å². The Labute approximate surface area is 151 Å². The molecule has 0 N–H and O–H groups in total. The number of nitrogens with zero attached hydrogens (tertiary/aromatic N) is 2. The molecule has 1 aromatic heterocycles. The summed E-state index contributed by atoms with van der Waals surface area (Å²) in [4.78, 5) is 23.5. The summed E-state index contributed by atoms with van der Waals surface area (Å²) in [5.41, 5.74) is 2.03. The van der Waals surface area contributed by atoms with Gasteiger partial charge < -0.3 is 9.47 Å². The van der Waals surface area contributed by atoms with Gasteiger partial charge in [0.2, 0.25) is 0 Å². The Morgan fingerprint density at radius 3 is 2.42 bits per heavy atom. The van der Waals surface area contributed by atoms with Crippen LogP contribution >= 0.6 is 0 Å². The van der Waals surface area contributed by atoms with Crippen LogP contribution in [0.25, 0.3) is 0 Å². The van der Waals surface area contributed by atoms with Crippen LogP contribution in [0.5, 0.6) is 5.75 Å². The zero-order chi connectivity index (χ0) is 18.4. The van der Waals surface area contributed by atoms with E-state index in [-0.39, 0.29) is 12.4 Å². The maximum absolute atomic E-state index is 12.0. The molecular formula is C20H18N2O4. The number of carbonyl (C=O) groups is 2. The van der Waals surface area contributed by atoms with E-state index < -0.39 is 5.97 Å². The van der Waals surface area contributed by atoms with Crippen molar-refractivity contribution in [1.29, 1.82) is 0 Å². The highest BCUT2D eigenvalue weighted by atomic mass is 16.5. The quantitative estimate of drug-likeness (QED) is 0.484. The molecule has 0 atom stereocenters. The number of esters is 1. The van der Waals surface area contributed by atoms with E-state index in [1.165, 1.54) is 13.3 Å². The second kappa shape index (κ2) is 8.11. The van der Waals surface area contributed by atoms with E-state index >= 15 is 0 Å². The van der Waals surface area contributed by atoms with E-state index in [1.54, 1.807) is 35.1 Å². The third kappa shape index (κ3) is 4.36. The van der Waals surface area contributed by atoms with Crippen LogP contribution in [0.2, 0.25) is 0 Å². The molecule has 0 aliphatic rings. The Morgan fingerprint density at radius 2 is 1.73 bits per heavy atom. The molecule has 0 saturated heterocycles. The highest BCUT2D eigenvalue weighted by Crippen LogP contribution is 2.14. The van der Waals surface area contributed by atoms with Crippen LogP contribution in [-0.4, -0.2) is 35.2 Å². The molecule has 0 spiro atoms. The van der Waals surface area contributed by atoms with Crippen LogP contribution in [0.3, 0.4) is 0 Å². The molecule has 3 rings (SSSR count). The Hall–Kier alpha value is -3.41. The molecule has 0 radical (unpaired) electrons. The molecule has 0 bridgehead atoms. The number of Topliss-reactive ketones (excluding diaryl/α,β-unsaturated/α-hetero) is 1. The number of hydrogen-bond donors (Lipinski definition) is 0. The van der Waals surface area contributed by atoms with Crippen molar-refractivity contribution >= 4 is 11.8 Å². The van der Waals surface area contributed by atoms with Gasteiger partial charge in [-0.15, -0.1) is 0 Å². The molecule has 0 saturated carbocycles. The van der Waals surface area contributed by atoms with Gasteiger partial charge in [-0.25, -0.2) is 4.79 Å². The molecule has 132 valence electrons. The summed E-state index contributed by atoms with van der Waals surface area (Å²) in [6.07, 6.45) is 3.10. The lowest BCUT2D eigenvalue weighted by Gasteiger charge is -2.07. The molecule has 0 aliphatic heterocycles. The van der Waals surface area contributed by atoms with E-state index in [2.05, 4.69) is 9.84 Å². The van der Waals surface area contributed by atoms with Crippen LogP contribution in [0.15, 0.2) is 67.0 Å². The van der Waals surface area contributed by atoms with Crippen LogP contribution < -0.4 is 4.74 Å². The molecule has 6 heteroatoms. The molecular weight excluding hydrogens is 332 g/mol. The number of ketones is 1. The van der Waals surface area contributed by atoms with Gasteiger partial charge in [-0.3, -0.25) is 9.48 Å². The van der Waals surface area contributed by atoms with Crippen molar-refractivity contribution in [3.63, 3.8) is 0 Å². The van der Waals surface area contributed by atoms with Crippen molar-refractivity contribution in [3.8, 4) is 5.75 Å². The molecule has 26 heavy (non-hydrogen) atoms. The predicted molar refractivity (Wildman–Crippen MR) is 95.4 cm³/mol. The van der Waals surface area contributed by atoms with Gasteiger partial charge >= 0.3 is 5.97 Å². The van der Waals surface area contributed by atoms with Crippen LogP contribution in [0.1, 0.15) is 26.3 Å². The molecule has 2 aromatic carbocycles. The molecule has 6 nitrogen and oxygen atoms in total. The molecule has 0 amide bonds. The second-order valence-electron chi connectivity index (χ2n) is 5.64. The minimum atomic E-state index is -0.414. The number of hydrogen-bond acceptors (Lipinski definition) is 5. The zero-order valence-electron chi connectivity index (χ0n) is 14.3. The summed E-state index contributed by atoms with van der Waals surface area (Å²) in [6, 6.07) is 16.4. The first-order valence-corrected chi connectivity index (χ1v) is 8.06. The lowest BCUT2D eigenvalue weighted by atomic mass is 10.1. The number of benzene rings is 2. The standard InChI is InChI=1S/C20H18N2O4/c1-25-20(24)17-11-21-22(13-17)12-15-7-9-18(10-8-15)26-14-19(23)16-5-3-2-4-6-16/h2-11,13H,12,14H2,1H3. The number of rotatable bonds is 7.